The molecule has 2 fully saturated rings. The third-order valence-corrected chi connectivity index (χ3v) is 5.77. The summed E-state index contributed by atoms with van der Waals surface area (Å²) in [6.45, 7) is 3.22. The summed E-state index contributed by atoms with van der Waals surface area (Å²) in [5.41, 5.74) is 1.87. The lowest BCUT2D eigenvalue weighted by atomic mass is 10.1. The molecule has 2 bridgehead atoms. The third-order valence-electron chi connectivity index (χ3n) is 5.77. The van der Waals surface area contributed by atoms with Gasteiger partial charge in [0.15, 0.2) is 0 Å². The van der Waals surface area contributed by atoms with Gasteiger partial charge in [-0.1, -0.05) is 18.2 Å². The first kappa shape index (κ1) is 15.6. The Morgan fingerprint density at radius 1 is 1.17 bits per heavy atom. The molecule has 0 aromatic heterocycles. The smallest absolute Gasteiger partial charge is 0.254 e. The number of likely N-dealkylation sites (tertiary alicyclic amines) is 1. The van der Waals surface area contributed by atoms with Crippen LogP contribution in [0.3, 0.4) is 0 Å². The molecule has 4 rings (SSSR count). The lowest BCUT2D eigenvalue weighted by molar-refractivity contribution is -0.134. The molecule has 5 heteroatoms. The number of likely N-dealkylation sites (N-methyl/N-ethyl adjacent to an activating group) is 1. The highest BCUT2D eigenvalue weighted by Gasteiger charge is 2.39. The van der Waals surface area contributed by atoms with Gasteiger partial charge in [0.25, 0.3) is 5.91 Å². The van der Waals surface area contributed by atoms with E-state index in [1.807, 2.05) is 29.2 Å². The number of nitrogens with zero attached hydrogens (tertiary/aromatic N) is 3. The molecule has 0 radical (unpaired) electrons. The minimum absolute atomic E-state index is 0.0666. The van der Waals surface area contributed by atoms with E-state index in [2.05, 4.69) is 16.8 Å². The Labute approximate surface area is 143 Å². The van der Waals surface area contributed by atoms with Crippen LogP contribution in [0.25, 0.3) is 0 Å². The van der Waals surface area contributed by atoms with Crippen LogP contribution in [0.15, 0.2) is 24.3 Å². The van der Waals surface area contributed by atoms with Crippen LogP contribution in [0.2, 0.25) is 0 Å². The van der Waals surface area contributed by atoms with Crippen molar-refractivity contribution in [2.24, 2.45) is 0 Å². The van der Waals surface area contributed by atoms with Crippen LogP contribution < -0.4 is 0 Å². The zero-order valence-electron chi connectivity index (χ0n) is 14.3. The van der Waals surface area contributed by atoms with Crippen molar-refractivity contribution in [3.05, 3.63) is 35.4 Å². The molecule has 24 heavy (non-hydrogen) atoms. The van der Waals surface area contributed by atoms with Gasteiger partial charge in [0.05, 0.1) is 0 Å². The molecule has 0 spiro atoms. The van der Waals surface area contributed by atoms with E-state index in [1.165, 1.54) is 0 Å². The van der Waals surface area contributed by atoms with Gasteiger partial charge in [0.1, 0.15) is 0 Å². The van der Waals surface area contributed by atoms with Crippen molar-refractivity contribution in [3.8, 4) is 0 Å². The number of fused-ring (bicyclic) bond motifs is 3. The quantitative estimate of drug-likeness (QED) is 0.849. The first-order chi connectivity index (χ1) is 11.6. The van der Waals surface area contributed by atoms with Crippen molar-refractivity contribution in [1.29, 1.82) is 0 Å². The minimum Gasteiger partial charge on any atom is -0.335 e. The summed E-state index contributed by atoms with van der Waals surface area (Å²) in [7, 11) is 2.14. The van der Waals surface area contributed by atoms with Gasteiger partial charge < -0.3 is 14.7 Å². The number of amides is 2. The molecule has 1 aromatic rings. The van der Waals surface area contributed by atoms with E-state index in [9.17, 15) is 9.59 Å². The highest BCUT2D eigenvalue weighted by atomic mass is 16.2. The number of benzene rings is 1. The summed E-state index contributed by atoms with van der Waals surface area (Å²) in [4.78, 5) is 31.5. The minimum atomic E-state index is 0.0666. The number of hydrogen-bond acceptors (Lipinski definition) is 3. The van der Waals surface area contributed by atoms with E-state index in [0.29, 0.717) is 31.6 Å². The molecule has 3 aliphatic rings. The fourth-order valence-corrected chi connectivity index (χ4v) is 4.51. The van der Waals surface area contributed by atoms with Crippen LogP contribution in [-0.2, 0) is 11.3 Å². The summed E-state index contributed by atoms with van der Waals surface area (Å²) in [6.07, 6.45) is 3.77. The number of hydrogen-bond donors (Lipinski definition) is 0. The third kappa shape index (κ3) is 2.71. The molecular weight excluding hydrogens is 302 g/mol. The molecule has 2 saturated heterocycles. The predicted octanol–water partition coefficient (Wildman–Crippen LogP) is 1.73. The van der Waals surface area contributed by atoms with Gasteiger partial charge in [0.2, 0.25) is 5.91 Å². The van der Waals surface area contributed by atoms with Crippen LogP contribution in [0.4, 0.5) is 0 Å². The van der Waals surface area contributed by atoms with Crippen molar-refractivity contribution in [2.45, 2.75) is 44.3 Å². The lowest BCUT2D eigenvalue weighted by Crippen LogP contribution is -2.43. The average Bonchev–Trinajstić information content (AvgIpc) is 3.06. The van der Waals surface area contributed by atoms with Crippen LogP contribution in [0, 0.1) is 0 Å². The second-order valence-corrected chi connectivity index (χ2v) is 7.37. The molecule has 0 saturated carbocycles. The Balaban J connectivity index is 1.38. The largest absolute Gasteiger partial charge is 0.335 e. The first-order valence-electron chi connectivity index (χ1n) is 9.00. The van der Waals surface area contributed by atoms with Crippen LogP contribution in [0.5, 0.6) is 0 Å². The zero-order chi connectivity index (χ0) is 16.7. The highest BCUT2D eigenvalue weighted by molar-refractivity contribution is 5.98. The van der Waals surface area contributed by atoms with Gasteiger partial charge in [-0.3, -0.25) is 9.59 Å². The van der Waals surface area contributed by atoms with E-state index in [0.717, 1.165) is 43.5 Å². The summed E-state index contributed by atoms with van der Waals surface area (Å²) < 4.78 is 0. The summed E-state index contributed by atoms with van der Waals surface area (Å²) in [6, 6.07) is 8.51. The van der Waals surface area contributed by atoms with Crippen molar-refractivity contribution >= 4 is 11.8 Å². The summed E-state index contributed by atoms with van der Waals surface area (Å²) in [5, 5.41) is 0. The molecule has 3 heterocycles. The van der Waals surface area contributed by atoms with E-state index in [4.69, 9.17) is 0 Å². The molecule has 0 N–H and O–H groups in total. The van der Waals surface area contributed by atoms with E-state index in [-0.39, 0.29) is 11.8 Å². The Morgan fingerprint density at radius 3 is 2.79 bits per heavy atom. The standard InChI is InChI=1S/C19H25N3O2/c1-20-10-8-15-6-7-16(13-20)22(15)18(23)9-11-21-12-14-4-2-3-5-17(14)19(21)24/h2-5,15-16H,6-13H2,1H3/t15-,16+/m1/s1. The summed E-state index contributed by atoms with van der Waals surface area (Å²) in [5.74, 6) is 0.290. The molecule has 1 aromatic carbocycles. The van der Waals surface area contributed by atoms with Crippen molar-refractivity contribution in [1.82, 2.24) is 14.7 Å². The Kier molecular flexibility index (Phi) is 4.04. The molecule has 5 nitrogen and oxygen atoms in total. The molecule has 0 aliphatic carbocycles. The Morgan fingerprint density at radius 2 is 1.96 bits per heavy atom. The second-order valence-electron chi connectivity index (χ2n) is 7.37. The zero-order valence-corrected chi connectivity index (χ0v) is 14.3. The molecule has 128 valence electrons. The topological polar surface area (TPSA) is 43.9 Å². The summed E-state index contributed by atoms with van der Waals surface area (Å²) >= 11 is 0. The second kappa shape index (κ2) is 6.20. The van der Waals surface area contributed by atoms with Gasteiger partial charge in [-0.05, 0) is 44.5 Å². The maximum absolute atomic E-state index is 12.8. The average molecular weight is 327 g/mol. The maximum Gasteiger partial charge on any atom is 0.254 e. The molecule has 2 amide bonds. The Bertz CT molecular complexity index is 660. The highest BCUT2D eigenvalue weighted by Crippen LogP contribution is 2.31. The fraction of sp³-hybridized carbons (Fsp3) is 0.579. The molecule has 2 atom stereocenters. The van der Waals surface area contributed by atoms with Crippen molar-refractivity contribution < 1.29 is 9.59 Å². The fourth-order valence-electron chi connectivity index (χ4n) is 4.51. The number of rotatable bonds is 3. The molecule has 3 aliphatic heterocycles. The van der Waals surface area contributed by atoms with Gasteiger partial charge >= 0.3 is 0 Å². The normalized spacial score (nSPS) is 26.6. The lowest BCUT2D eigenvalue weighted by Gasteiger charge is -2.29. The van der Waals surface area contributed by atoms with E-state index < -0.39 is 0 Å². The monoisotopic (exact) mass is 327 g/mol. The van der Waals surface area contributed by atoms with Crippen molar-refractivity contribution in [2.75, 3.05) is 26.7 Å². The van der Waals surface area contributed by atoms with Gasteiger partial charge in [-0.15, -0.1) is 0 Å². The maximum atomic E-state index is 12.8. The van der Waals surface area contributed by atoms with Crippen LogP contribution in [0.1, 0.15) is 41.6 Å². The van der Waals surface area contributed by atoms with Gasteiger partial charge in [-0.25, -0.2) is 0 Å². The van der Waals surface area contributed by atoms with Crippen LogP contribution in [-0.4, -0.2) is 65.3 Å². The first-order valence-corrected chi connectivity index (χ1v) is 9.00. The number of carbonyl (C=O) groups is 2. The van der Waals surface area contributed by atoms with Crippen LogP contribution >= 0.6 is 0 Å². The molecular formula is C19H25N3O2. The van der Waals surface area contributed by atoms with E-state index in [1.54, 1.807) is 0 Å². The van der Waals surface area contributed by atoms with E-state index >= 15 is 0 Å². The predicted molar refractivity (Wildman–Crippen MR) is 91.6 cm³/mol. The van der Waals surface area contributed by atoms with Gasteiger partial charge in [0, 0.05) is 43.7 Å². The number of carbonyl (C=O) groups excluding carboxylic acids is 2. The van der Waals surface area contributed by atoms with Crippen molar-refractivity contribution in [3.63, 3.8) is 0 Å². The Hall–Kier alpha value is -1.88. The SMILES string of the molecule is CN1CC[C@H]2CC[C@@H](C1)N2C(=O)CCN1Cc2ccccc2C1=O. The molecule has 0 unspecified atom stereocenters. The van der Waals surface area contributed by atoms with Gasteiger partial charge in [-0.2, -0.15) is 0 Å².